The van der Waals surface area contributed by atoms with Crippen molar-refractivity contribution in [1.29, 1.82) is 0 Å². The van der Waals surface area contributed by atoms with Gasteiger partial charge in [0, 0.05) is 11.3 Å². The van der Waals surface area contributed by atoms with Gasteiger partial charge < -0.3 is 14.6 Å². The molecule has 0 bridgehead atoms. The summed E-state index contributed by atoms with van der Waals surface area (Å²) in [5, 5.41) is 11.7. The lowest BCUT2D eigenvalue weighted by atomic mass is 9.95. The molecule has 0 aliphatic carbocycles. The molecule has 6 nitrogen and oxygen atoms in total. The maximum atomic E-state index is 13.3. The summed E-state index contributed by atoms with van der Waals surface area (Å²) in [4.78, 5) is 28.0. The number of rotatable bonds is 7. The van der Waals surface area contributed by atoms with Gasteiger partial charge in [0.05, 0.1) is 29.3 Å². The van der Waals surface area contributed by atoms with Gasteiger partial charge in [-0.2, -0.15) is 0 Å². The highest BCUT2D eigenvalue weighted by atomic mass is 35.5. The average Bonchev–Trinajstić information content (AvgIpc) is 3.11. The molecule has 1 fully saturated rings. The fourth-order valence-corrected chi connectivity index (χ4v) is 4.28. The Kier molecular flexibility index (Phi) is 7.12. The number of nitrogens with zero attached hydrogens (tertiary/aromatic N) is 1. The summed E-state index contributed by atoms with van der Waals surface area (Å²) in [6.45, 7) is 6.03. The third-order valence-electron chi connectivity index (χ3n) is 5.53. The van der Waals surface area contributed by atoms with Crippen LogP contribution in [0.3, 0.4) is 0 Å². The zero-order valence-electron chi connectivity index (χ0n) is 19.7. The van der Waals surface area contributed by atoms with E-state index >= 15 is 0 Å². The number of Topliss-reactive ketones (excluding diaryl/α,β-unsaturated/α-hetero) is 1. The molecule has 35 heavy (non-hydrogen) atoms. The SMILES string of the molecule is CCOc1cc(/C(O)=C2/C(=O)C(=O)N(c3ccccc3)C2c2cccc(OC(C)C)c2)ccc1Cl. The van der Waals surface area contributed by atoms with Gasteiger partial charge in [0.15, 0.2) is 0 Å². The molecule has 1 saturated heterocycles. The Balaban J connectivity index is 1.92. The maximum absolute atomic E-state index is 13.3. The number of benzene rings is 3. The Morgan fingerprint density at radius 2 is 1.77 bits per heavy atom. The van der Waals surface area contributed by atoms with Crippen LogP contribution < -0.4 is 14.4 Å². The molecule has 1 unspecified atom stereocenters. The van der Waals surface area contributed by atoms with Gasteiger partial charge in [-0.3, -0.25) is 14.5 Å². The van der Waals surface area contributed by atoms with Crippen molar-refractivity contribution in [3.05, 3.63) is 94.5 Å². The predicted molar refractivity (Wildman–Crippen MR) is 136 cm³/mol. The van der Waals surface area contributed by atoms with E-state index in [4.69, 9.17) is 21.1 Å². The van der Waals surface area contributed by atoms with Crippen LogP contribution in [-0.2, 0) is 9.59 Å². The van der Waals surface area contributed by atoms with Crippen molar-refractivity contribution >= 4 is 34.7 Å². The molecule has 180 valence electrons. The predicted octanol–water partition coefficient (Wildman–Crippen LogP) is 6.15. The van der Waals surface area contributed by atoms with E-state index in [9.17, 15) is 14.7 Å². The van der Waals surface area contributed by atoms with Crippen molar-refractivity contribution in [2.24, 2.45) is 0 Å². The second kappa shape index (κ2) is 10.2. The summed E-state index contributed by atoms with van der Waals surface area (Å²) in [5.41, 5.74) is 1.47. The number of aliphatic hydroxyl groups excluding tert-OH is 1. The molecule has 0 radical (unpaired) electrons. The second-order valence-electron chi connectivity index (χ2n) is 8.32. The molecule has 1 amide bonds. The quantitative estimate of drug-likeness (QED) is 0.243. The maximum Gasteiger partial charge on any atom is 0.300 e. The lowest BCUT2D eigenvalue weighted by Gasteiger charge is -2.26. The molecule has 7 heteroatoms. The number of amides is 1. The normalized spacial score (nSPS) is 17.2. The summed E-state index contributed by atoms with van der Waals surface area (Å²) in [6.07, 6.45) is -0.0585. The Labute approximate surface area is 209 Å². The van der Waals surface area contributed by atoms with Crippen LogP contribution in [0.1, 0.15) is 37.9 Å². The summed E-state index contributed by atoms with van der Waals surface area (Å²) < 4.78 is 11.4. The van der Waals surface area contributed by atoms with E-state index in [-0.39, 0.29) is 17.4 Å². The topological polar surface area (TPSA) is 76.1 Å². The van der Waals surface area contributed by atoms with Crippen molar-refractivity contribution in [2.45, 2.75) is 32.9 Å². The van der Waals surface area contributed by atoms with Crippen molar-refractivity contribution in [2.75, 3.05) is 11.5 Å². The number of carbonyl (C=O) groups excluding carboxylic acids is 2. The standard InChI is InChI=1S/C28H26ClNO5/c1-4-34-23-16-19(13-14-22(23)29)26(31)24-25(18-9-8-12-21(15-18)35-17(2)3)30(28(33)27(24)32)20-10-6-5-7-11-20/h5-17,25,31H,4H2,1-3H3/b26-24-. The molecule has 1 aliphatic heterocycles. The van der Waals surface area contributed by atoms with Crippen molar-refractivity contribution < 1.29 is 24.2 Å². The molecule has 4 rings (SSSR count). The highest BCUT2D eigenvalue weighted by Gasteiger charge is 2.47. The number of hydrogen-bond acceptors (Lipinski definition) is 5. The van der Waals surface area contributed by atoms with Gasteiger partial charge in [-0.15, -0.1) is 0 Å². The van der Waals surface area contributed by atoms with E-state index in [1.165, 1.54) is 4.90 Å². The minimum absolute atomic E-state index is 0.0229. The first kappa shape index (κ1) is 24.4. The molecular formula is C28H26ClNO5. The minimum Gasteiger partial charge on any atom is -0.507 e. The number of aliphatic hydroxyl groups is 1. The molecule has 3 aromatic rings. The molecule has 1 N–H and O–H groups in total. The summed E-state index contributed by atoms with van der Waals surface area (Å²) in [5.74, 6) is -0.836. The largest absolute Gasteiger partial charge is 0.507 e. The van der Waals surface area contributed by atoms with Crippen LogP contribution in [0.5, 0.6) is 11.5 Å². The Hall–Kier alpha value is -3.77. The van der Waals surface area contributed by atoms with Gasteiger partial charge in [-0.25, -0.2) is 0 Å². The third kappa shape index (κ3) is 4.88. The van der Waals surface area contributed by atoms with Crippen LogP contribution in [0, 0.1) is 0 Å². The van der Waals surface area contributed by atoms with Gasteiger partial charge in [0.25, 0.3) is 11.7 Å². The highest BCUT2D eigenvalue weighted by Crippen LogP contribution is 2.43. The summed E-state index contributed by atoms with van der Waals surface area (Å²) >= 11 is 6.21. The van der Waals surface area contributed by atoms with E-state index in [0.717, 1.165) is 0 Å². The van der Waals surface area contributed by atoms with Crippen molar-refractivity contribution in [3.8, 4) is 11.5 Å². The first-order chi connectivity index (χ1) is 16.8. The average molecular weight is 492 g/mol. The van der Waals surface area contributed by atoms with E-state index in [1.54, 1.807) is 60.7 Å². The third-order valence-corrected chi connectivity index (χ3v) is 5.84. The number of carbonyl (C=O) groups is 2. The number of ether oxygens (including phenoxy) is 2. The van der Waals surface area contributed by atoms with Gasteiger partial charge in [0.2, 0.25) is 0 Å². The van der Waals surface area contributed by atoms with Gasteiger partial charge in [-0.1, -0.05) is 41.9 Å². The van der Waals surface area contributed by atoms with Crippen LogP contribution in [-0.4, -0.2) is 29.5 Å². The summed E-state index contributed by atoms with van der Waals surface area (Å²) in [7, 11) is 0. The van der Waals surface area contributed by atoms with Gasteiger partial charge in [-0.05, 0) is 68.8 Å². The first-order valence-electron chi connectivity index (χ1n) is 11.4. The van der Waals surface area contributed by atoms with Crippen LogP contribution >= 0.6 is 11.6 Å². The molecule has 0 saturated carbocycles. The van der Waals surface area contributed by atoms with Gasteiger partial charge in [0.1, 0.15) is 17.3 Å². The van der Waals surface area contributed by atoms with Gasteiger partial charge >= 0.3 is 0 Å². The molecule has 0 aromatic heterocycles. The van der Waals surface area contributed by atoms with Crippen LogP contribution in [0.2, 0.25) is 5.02 Å². The number of ketones is 1. The lowest BCUT2D eigenvalue weighted by molar-refractivity contribution is -0.132. The lowest BCUT2D eigenvalue weighted by Crippen LogP contribution is -2.29. The van der Waals surface area contributed by atoms with E-state index in [1.807, 2.05) is 32.9 Å². The van der Waals surface area contributed by atoms with Crippen LogP contribution in [0.15, 0.2) is 78.4 Å². The zero-order valence-corrected chi connectivity index (χ0v) is 20.5. The first-order valence-corrected chi connectivity index (χ1v) is 11.7. The fraction of sp³-hybridized carbons (Fsp3) is 0.214. The van der Waals surface area contributed by atoms with E-state index < -0.39 is 17.7 Å². The molecule has 1 aliphatic rings. The van der Waals surface area contributed by atoms with Crippen LogP contribution in [0.4, 0.5) is 5.69 Å². The monoisotopic (exact) mass is 491 g/mol. The Morgan fingerprint density at radius 1 is 1.03 bits per heavy atom. The van der Waals surface area contributed by atoms with E-state index in [2.05, 4.69) is 0 Å². The minimum atomic E-state index is -0.862. The second-order valence-corrected chi connectivity index (χ2v) is 8.73. The summed E-state index contributed by atoms with van der Waals surface area (Å²) in [6, 6.07) is 20.0. The Morgan fingerprint density at radius 3 is 2.46 bits per heavy atom. The number of anilines is 1. The number of para-hydroxylation sites is 1. The number of halogens is 1. The van der Waals surface area contributed by atoms with Crippen molar-refractivity contribution in [1.82, 2.24) is 0 Å². The highest BCUT2D eigenvalue weighted by molar-refractivity contribution is 6.51. The molecular weight excluding hydrogens is 466 g/mol. The van der Waals surface area contributed by atoms with Crippen LogP contribution in [0.25, 0.3) is 5.76 Å². The Bertz CT molecular complexity index is 1290. The number of hydrogen-bond donors (Lipinski definition) is 1. The van der Waals surface area contributed by atoms with Crippen molar-refractivity contribution in [3.63, 3.8) is 0 Å². The smallest absolute Gasteiger partial charge is 0.300 e. The fourth-order valence-electron chi connectivity index (χ4n) is 4.11. The molecule has 1 atom stereocenters. The molecule has 0 spiro atoms. The zero-order chi connectivity index (χ0) is 25.1. The molecule has 1 heterocycles. The van der Waals surface area contributed by atoms with E-state index in [0.29, 0.717) is 39.9 Å². The molecule has 3 aromatic carbocycles.